The highest BCUT2D eigenvalue weighted by molar-refractivity contribution is 7.92. The Kier molecular flexibility index (Phi) is 5.87. The molecule has 5 nitrogen and oxygen atoms in total. The van der Waals surface area contributed by atoms with Crippen LogP contribution < -0.4 is 9.62 Å². The van der Waals surface area contributed by atoms with Crippen molar-refractivity contribution in [3.63, 3.8) is 0 Å². The molecular weight excluding hydrogens is 314 g/mol. The van der Waals surface area contributed by atoms with Gasteiger partial charge in [0.05, 0.1) is 11.9 Å². The summed E-state index contributed by atoms with van der Waals surface area (Å²) in [6.45, 7) is 5.57. The summed E-state index contributed by atoms with van der Waals surface area (Å²) in [4.78, 5) is 12.1. The zero-order valence-electron chi connectivity index (χ0n) is 12.9. The lowest BCUT2D eigenvalue weighted by molar-refractivity contribution is -0.121. The number of carbonyl (C=O) groups is 1. The van der Waals surface area contributed by atoms with Crippen molar-refractivity contribution in [3.8, 4) is 0 Å². The molecule has 1 amide bonds. The van der Waals surface area contributed by atoms with Crippen LogP contribution in [0.3, 0.4) is 0 Å². The molecule has 1 atom stereocenters. The molecule has 0 bridgehead atoms. The van der Waals surface area contributed by atoms with Crippen LogP contribution >= 0.6 is 0 Å². The molecule has 1 rings (SSSR count). The molecule has 0 aromatic heterocycles. The molecule has 0 saturated heterocycles. The summed E-state index contributed by atoms with van der Waals surface area (Å²) in [6.07, 6.45) is 0.903. The van der Waals surface area contributed by atoms with E-state index in [0.29, 0.717) is 6.54 Å². The third-order valence-electron chi connectivity index (χ3n) is 2.93. The van der Waals surface area contributed by atoms with Crippen molar-refractivity contribution in [2.24, 2.45) is 5.92 Å². The van der Waals surface area contributed by atoms with Crippen molar-refractivity contribution in [2.75, 3.05) is 17.1 Å². The minimum atomic E-state index is -3.85. The Morgan fingerprint density at radius 1 is 1.23 bits per heavy atom. The van der Waals surface area contributed by atoms with E-state index in [4.69, 9.17) is 0 Å². The number of hydrogen-bond acceptors (Lipinski definition) is 3. The van der Waals surface area contributed by atoms with Gasteiger partial charge >= 0.3 is 0 Å². The van der Waals surface area contributed by atoms with Crippen LogP contribution in [0, 0.1) is 17.6 Å². The summed E-state index contributed by atoms with van der Waals surface area (Å²) >= 11 is 0. The van der Waals surface area contributed by atoms with Crippen molar-refractivity contribution in [1.29, 1.82) is 0 Å². The third kappa shape index (κ3) is 4.66. The van der Waals surface area contributed by atoms with Gasteiger partial charge in [-0.15, -0.1) is 0 Å². The first kappa shape index (κ1) is 18.3. The summed E-state index contributed by atoms with van der Waals surface area (Å²) in [7, 11) is -3.85. The predicted octanol–water partition coefficient (Wildman–Crippen LogP) is 1.89. The van der Waals surface area contributed by atoms with Crippen LogP contribution in [0.5, 0.6) is 0 Å². The van der Waals surface area contributed by atoms with Crippen LogP contribution in [-0.2, 0) is 14.8 Å². The van der Waals surface area contributed by atoms with Gasteiger partial charge in [0.25, 0.3) is 0 Å². The van der Waals surface area contributed by atoms with E-state index in [1.807, 2.05) is 13.8 Å². The van der Waals surface area contributed by atoms with Gasteiger partial charge in [-0.2, -0.15) is 0 Å². The Labute approximate surface area is 129 Å². The topological polar surface area (TPSA) is 66.5 Å². The SMILES string of the molecule is CC(C)CNC(=O)C(C)N(c1ccc(F)c(F)c1)S(C)(=O)=O. The summed E-state index contributed by atoms with van der Waals surface area (Å²) in [5.41, 5.74) is -0.103. The number of hydrogen-bond donors (Lipinski definition) is 1. The molecule has 0 saturated carbocycles. The number of nitrogens with zero attached hydrogens (tertiary/aromatic N) is 1. The van der Waals surface area contributed by atoms with Crippen molar-refractivity contribution < 1.29 is 22.0 Å². The van der Waals surface area contributed by atoms with E-state index < -0.39 is 33.6 Å². The zero-order chi connectivity index (χ0) is 17.1. The fourth-order valence-corrected chi connectivity index (χ4v) is 3.05. The van der Waals surface area contributed by atoms with Crippen LogP contribution in [0.15, 0.2) is 18.2 Å². The first-order chi connectivity index (χ1) is 10.0. The lowest BCUT2D eigenvalue weighted by Crippen LogP contribution is -2.48. The van der Waals surface area contributed by atoms with E-state index in [0.717, 1.165) is 28.8 Å². The molecule has 0 aliphatic heterocycles. The monoisotopic (exact) mass is 334 g/mol. The Morgan fingerprint density at radius 2 is 1.82 bits per heavy atom. The molecule has 0 aliphatic rings. The molecule has 1 aromatic rings. The van der Waals surface area contributed by atoms with Crippen LogP contribution in [0.4, 0.5) is 14.5 Å². The molecule has 124 valence electrons. The Hall–Kier alpha value is -1.70. The summed E-state index contributed by atoms with van der Waals surface area (Å²) < 4.78 is 51.0. The minimum absolute atomic E-state index is 0.103. The van der Waals surface area contributed by atoms with E-state index in [-0.39, 0.29) is 11.6 Å². The normalized spacial score (nSPS) is 13.0. The predicted molar refractivity (Wildman–Crippen MR) is 81.0 cm³/mol. The van der Waals surface area contributed by atoms with E-state index in [1.54, 1.807) is 0 Å². The van der Waals surface area contributed by atoms with Gasteiger partial charge in [-0.3, -0.25) is 9.10 Å². The molecule has 1 aromatic carbocycles. The molecule has 1 unspecified atom stereocenters. The molecule has 1 N–H and O–H groups in total. The maximum absolute atomic E-state index is 13.3. The number of amides is 1. The first-order valence-electron chi connectivity index (χ1n) is 6.76. The number of benzene rings is 1. The van der Waals surface area contributed by atoms with E-state index in [9.17, 15) is 22.0 Å². The summed E-state index contributed by atoms with van der Waals surface area (Å²) in [5, 5.41) is 2.62. The standard InChI is InChI=1S/C14H20F2N2O3S/c1-9(2)8-17-14(19)10(3)18(22(4,20)21)11-5-6-12(15)13(16)7-11/h5-7,9-10H,8H2,1-4H3,(H,17,19). The van der Waals surface area contributed by atoms with Gasteiger partial charge in [0.15, 0.2) is 11.6 Å². The third-order valence-corrected chi connectivity index (χ3v) is 4.17. The number of anilines is 1. The maximum atomic E-state index is 13.3. The lowest BCUT2D eigenvalue weighted by Gasteiger charge is -2.28. The van der Waals surface area contributed by atoms with Gasteiger partial charge < -0.3 is 5.32 Å². The van der Waals surface area contributed by atoms with Gasteiger partial charge in [-0.05, 0) is 25.0 Å². The van der Waals surface area contributed by atoms with Gasteiger partial charge in [-0.25, -0.2) is 17.2 Å². The second-order valence-corrected chi connectivity index (χ2v) is 7.33. The van der Waals surface area contributed by atoms with Crippen molar-refractivity contribution in [3.05, 3.63) is 29.8 Å². The number of sulfonamides is 1. The fraction of sp³-hybridized carbons (Fsp3) is 0.500. The zero-order valence-corrected chi connectivity index (χ0v) is 13.7. The smallest absolute Gasteiger partial charge is 0.243 e. The number of carbonyl (C=O) groups excluding carboxylic acids is 1. The number of halogens is 2. The number of rotatable bonds is 6. The fourth-order valence-electron chi connectivity index (χ4n) is 1.88. The van der Waals surface area contributed by atoms with Gasteiger partial charge in [0, 0.05) is 12.6 Å². The van der Waals surface area contributed by atoms with Crippen molar-refractivity contribution in [2.45, 2.75) is 26.8 Å². The number of nitrogens with one attached hydrogen (secondary N) is 1. The van der Waals surface area contributed by atoms with E-state index in [2.05, 4.69) is 5.32 Å². The Balaban J connectivity index is 3.13. The van der Waals surface area contributed by atoms with Crippen LogP contribution in [-0.4, -0.2) is 33.2 Å². The molecular formula is C14H20F2N2O3S. The van der Waals surface area contributed by atoms with Crippen molar-refractivity contribution >= 4 is 21.6 Å². The van der Waals surface area contributed by atoms with Crippen LogP contribution in [0.1, 0.15) is 20.8 Å². The quantitative estimate of drug-likeness (QED) is 0.864. The molecule has 8 heteroatoms. The molecule has 0 aliphatic carbocycles. The van der Waals surface area contributed by atoms with Gasteiger partial charge in [-0.1, -0.05) is 13.8 Å². The highest BCUT2D eigenvalue weighted by Gasteiger charge is 2.29. The Morgan fingerprint density at radius 3 is 2.27 bits per heavy atom. The Bertz CT molecular complexity index is 647. The maximum Gasteiger partial charge on any atom is 0.243 e. The van der Waals surface area contributed by atoms with Gasteiger partial charge in [0.2, 0.25) is 15.9 Å². The molecule has 0 radical (unpaired) electrons. The second-order valence-electron chi connectivity index (χ2n) is 5.47. The minimum Gasteiger partial charge on any atom is -0.354 e. The largest absolute Gasteiger partial charge is 0.354 e. The summed E-state index contributed by atoms with van der Waals surface area (Å²) in [6, 6.07) is 1.61. The molecule has 0 fully saturated rings. The second kappa shape index (κ2) is 7.04. The first-order valence-corrected chi connectivity index (χ1v) is 8.61. The van der Waals surface area contributed by atoms with Crippen molar-refractivity contribution in [1.82, 2.24) is 5.32 Å². The molecule has 0 spiro atoms. The van der Waals surface area contributed by atoms with E-state index in [1.165, 1.54) is 6.92 Å². The lowest BCUT2D eigenvalue weighted by atomic mass is 10.2. The molecule has 22 heavy (non-hydrogen) atoms. The average Bonchev–Trinajstić information content (AvgIpc) is 2.38. The van der Waals surface area contributed by atoms with E-state index >= 15 is 0 Å². The highest BCUT2D eigenvalue weighted by atomic mass is 32.2. The summed E-state index contributed by atoms with van der Waals surface area (Å²) in [5.74, 6) is -2.58. The highest BCUT2D eigenvalue weighted by Crippen LogP contribution is 2.23. The average molecular weight is 334 g/mol. The van der Waals surface area contributed by atoms with Crippen LogP contribution in [0.2, 0.25) is 0 Å². The van der Waals surface area contributed by atoms with Gasteiger partial charge in [0.1, 0.15) is 6.04 Å². The van der Waals surface area contributed by atoms with Crippen LogP contribution in [0.25, 0.3) is 0 Å². The molecule has 0 heterocycles.